The van der Waals surface area contributed by atoms with Crippen LogP contribution in [0.1, 0.15) is 5.82 Å². The highest BCUT2D eigenvalue weighted by atomic mass is 127. The normalized spacial score (nSPS) is 11.2. The Labute approximate surface area is 115 Å². The van der Waals surface area contributed by atoms with Crippen molar-refractivity contribution in [3.8, 4) is 10.6 Å². The zero-order valence-electron chi connectivity index (χ0n) is 8.88. The molecule has 0 bridgehead atoms. The highest BCUT2D eigenvalue weighted by Gasteiger charge is 2.12. The number of nitrogens with two attached hydrogens (primary N) is 1. The summed E-state index contributed by atoms with van der Waals surface area (Å²) >= 11 is 3.75. The fraction of sp³-hybridized carbons (Fsp3) is 0.100. The number of nitrogen functional groups attached to an aromatic ring is 1. The molecule has 86 valence electrons. The lowest BCUT2D eigenvalue weighted by molar-refractivity contribution is 0.898. The molecule has 17 heavy (non-hydrogen) atoms. The monoisotopic (exact) mass is 357 g/mol. The maximum atomic E-state index is 5.97. The Morgan fingerprint density at radius 1 is 1.35 bits per heavy atom. The fourth-order valence-corrected chi connectivity index (χ4v) is 2.95. The van der Waals surface area contributed by atoms with Gasteiger partial charge in [-0.25, -0.2) is 0 Å². The Morgan fingerprint density at radius 2 is 2.18 bits per heavy atom. The molecule has 0 radical (unpaired) electrons. The van der Waals surface area contributed by atoms with E-state index in [1.54, 1.807) is 4.52 Å². The Bertz CT molecular complexity index is 702. The van der Waals surface area contributed by atoms with Crippen LogP contribution >= 0.6 is 33.9 Å². The van der Waals surface area contributed by atoms with Crippen molar-refractivity contribution in [2.45, 2.75) is 6.92 Å². The summed E-state index contributed by atoms with van der Waals surface area (Å²) in [6.45, 7) is 1.88. The number of rotatable bonds is 1. The summed E-state index contributed by atoms with van der Waals surface area (Å²) in [7, 11) is 0. The minimum atomic E-state index is 0.730. The summed E-state index contributed by atoms with van der Waals surface area (Å²) in [6.07, 6.45) is 0. The molecule has 0 saturated carbocycles. The number of fused-ring (bicyclic) bond motifs is 1. The van der Waals surface area contributed by atoms with Crippen molar-refractivity contribution in [3.63, 3.8) is 0 Å². The molecule has 1 aromatic carbocycles. The van der Waals surface area contributed by atoms with Crippen molar-refractivity contribution in [1.29, 1.82) is 0 Å². The summed E-state index contributed by atoms with van der Waals surface area (Å²) in [4.78, 5) is 0.788. The summed E-state index contributed by atoms with van der Waals surface area (Å²) in [5.74, 6) is 0.784. The van der Waals surface area contributed by atoms with Gasteiger partial charge in [0.15, 0.2) is 5.82 Å². The second-order valence-corrected chi connectivity index (χ2v) is 5.78. The molecule has 0 amide bonds. The number of anilines is 1. The van der Waals surface area contributed by atoms with E-state index < -0.39 is 0 Å². The third-order valence-electron chi connectivity index (χ3n) is 2.39. The van der Waals surface area contributed by atoms with Crippen molar-refractivity contribution < 1.29 is 0 Å². The van der Waals surface area contributed by atoms with E-state index in [0.717, 1.165) is 30.6 Å². The summed E-state index contributed by atoms with van der Waals surface area (Å²) in [5, 5.41) is 13.3. The lowest BCUT2D eigenvalue weighted by atomic mass is 10.2. The molecule has 0 saturated heterocycles. The van der Waals surface area contributed by atoms with Gasteiger partial charge in [0.05, 0.1) is 0 Å². The van der Waals surface area contributed by atoms with Gasteiger partial charge in [-0.15, -0.1) is 10.2 Å². The summed E-state index contributed by atoms with van der Waals surface area (Å²) in [5.41, 5.74) is 7.65. The number of benzene rings is 1. The Balaban J connectivity index is 2.23. The molecule has 0 aliphatic heterocycles. The number of aromatic nitrogens is 4. The maximum absolute atomic E-state index is 5.97. The molecular formula is C10H8IN5S. The van der Waals surface area contributed by atoms with E-state index in [-0.39, 0.29) is 0 Å². The van der Waals surface area contributed by atoms with Crippen LogP contribution in [-0.2, 0) is 0 Å². The van der Waals surface area contributed by atoms with Gasteiger partial charge in [-0.1, -0.05) is 11.3 Å². The summed E-state index contributed by atoms with van der Waals surface area (Å²) in [6, 6.07) is 5.90. The van der Waals surface area contributed by atoms with E-state index in [2.05, 4.69) is 37.9 Å². The first-order valence-electron chi connectivity index (χ1n) is 4.89. The van der Waals surface area contributed by atoms with Crippen LogP contribution in [0.2, 0.25) is 0 Å². The highest BCUT2D eigenvalue weighted by Crippen LogP contribution is 2.31. The fourth-order valence-electron chi connectivity index (χ4n) is 1.54. The smallest absolute Gasteiger partial charge is 0.234 e. The molecule has 3 rings (SSSR count). The molecule has 2 aromatic heterocycles. The van der Waals surface area contributed by atoms with E-state index in [1.165, 1.54) is 11.3 Å². The first-order chi connectivity index (χ1) is 8.15. The van der Waals surface area contributed by atoms with Crippen LogP contribution in [0.15, 0.2) is 18.2 Å². The molecule has 2 N–H and O–H groups in total. The molecule has 0 unspecified atom stereocenters. The van der Waals surface area contributed by atoms with Crippen molar-refractivity contribution in [2.75, 3.05) is 5.73 Å². The average molecular weight is 357 g/mol. The topological polar surface area (TPSA) is 69.1 Å². The van der Waals surface area contributed by atoms with Crippen LogP contribution in [-0.4, -0.2) is 19.8 Å². The SMILES string of the molecule is Cc1nnc2sc(-c3cc(I)ccc3N)nn12. The predicted octanol–water partition coefficient (Wildman–Crippen LogP) is 2.35. The first-order valence-corrected chi connectivity index (χ1v) is 6.79. The first kappa shape index (κ1) is 10.9. The van der Waals surface area contributed by atoms with Gasteiger partial charge in [0.1, 0.15) is 5.01 Å². The van der Waals surface area contributed by atoms with Crippen LogP contribution in [0.3, 0.4) is 0 Å². The third-order valence-corrected chi connectivity index (χ3v) is 4.00. The third kappa shape index (κ3) is 1.78. The molecule has 5 nitrogen and oxygen atoms in total. The predicted molar refractivity (Wildman–Crippen MR) is 76.0 cm³/mol. The Hall–Kier alpha value is -1.22. The zero-order valence-corrected chi connectivity index (χ0v) is 11.9. The van der Waals surface area contributed by atoms with Gasteiger partial charge < -0.3 is 5.73 Å². The summed E-state index contributed by atoms with van der Waals surface area (Å²) < 4.78 is 2.87. The number of nitrogens with zero attached hydrogens (tertiary/aromatic N) is 4. The standard InChI is InChI=1S/C10H8IN5S/c1-5-13-14-10-16(5)15-9(17-10)7-4-6(11)2-3-8(7)12/h2-4H,12H2,1H3. The second kappa shape index (κ2) is 3.91. The van der Waals surface area contributed by atoms with Crippen molar-refractivity contribution in [1.82, 2.24) is 19.8 Å². The Morgan fingerprint density at radius 3 is 2.94 bits per heavy atom. The van der Waals surface area contributed by atoms with Crippen molar-refractivity contribution in [2.24, 2.45) is 0 Å². The molecule has 0 spiro atoms. The lowest BCUT2D eigenvalue weighted by Gasteiger charge is -2.01. The van der Waals surface area contributed by atoms with Gasteiger partial charge in [0.2, 0.25) is 4.96 Å². The molecule has 0 aliphatic rings. The van der Waals surface area contributed by atoms with Gasteiger partial charge in [-0.05, 0) is 47.7 Å². The van der Waals surface area contributed by atoms with Gasteiger partial charge in [0, 0.05) is 14.8 Å². The molecule has 0 atom stereocenters. The van der Waals surface area contributed by atoms with Gasteiger partial charge in [0.25, 0.3) is 0 Å². The minimum Gasteiger partial charge on any atom is -0.398 e. The van der Waals surface area contributed by atoms with Gasteiger partial charge >= 0.3 is 0 Å². The van der Waals surface area contributed by atoms with E-state index in [0.29, 0.717) is 0 Å². The van der Waals surface area contributed by atoms with Crippen molar-refractivity contribution >= 4 is 44.6 Å². The minimum absolute atomic E-state index is 0.730. The number of halogens is 1. The van der Waals surface area contributed by atoms with E-state index in [4.69, 9.17) is 5.73 Å². The zero-order chi connectivity index (χ0) is 12.0. The van der Waals surface area contributed by atoms with E-state index in [1.807, 2.05) is 25.1 Å². The van der Waals surface area contributed by atoms with Crippen LogP contribution in [0, 0.1) is 10.5 Å². The quantitative estimate of drug-likeness (QED) is 0.536. The van der Waals surface area contributed by atoms with Crippen LogP contribution < -0.4 is 5.73 Å². The van der Waals surface area contributed by atoms with Crippen molar-refractivity contribution in [3.05, 3.63) is 27.6 Å². The highest BCUT2D eigenvalue weighted by molar-refractivity contribution is 14.1. The number of hydrogen-bond acceptors (Lipinski definition) is 5. The van der Waals surface area contributed by atoms with Gasteiger partial charge in [-0.2, -0.15) is 9.61 Å². The van der Waals surface area contributed by atoms with Crippen LogP contribution in [0.5, 0.6) is 0 Å². The van der Waals surface area contributed by atoms with Crippen LogP contribution in [0.25, 0.3) is 15.5 Å². The molecule has 2 heterocycles. The molecule has 3 aromatic rings. The lowest BCUT2D eigenvalue weighted by Crippen LogP contribution is -1.92. The molecule has 0 fully saturated rings. The average Bonchev–Trinajstić information content (AvgIpc) is 2.85. The van der Waals surface area contributed by atoms with E-state index >= 15 is 0 Å². The second-order valence-electron chi connectivity index (χ2n) is 3.58. The Kier molecular flexibility index (Phi) is 2.51. The van der Waals surface area contributed by atoms with Crippen LogP contribution in [0.4, 0.5) is 5.69 Å². The largest absolute Gasteiger partial charge is 0.398 e. The number of aryl methyl sites for hydroxylation is 1. The van der Waals surface area contributed by atoms with E-state index in [9.17, 15) is 0 Å². The molecule has 0 aliphatic carbocycles. The molecule has 7 heteroatoms. The number of hydrogen-bond donors (Lipinski definition) is 1. The van der Waals surface area contributed by atoms with Gasteiger partial charge in [-0.3, -0.25) is 0 Å². The maximum Gasteiger partial charge on any atom is 0.234 e. The molecular weight excluding hydrogens is 349 g/mol.